The fourth-order valence-corrected chi connectivity index (χ4v) is 2.99. The maximum atomic E-state index is 12.6. The molecule has 1 aliphatic heterocycles. The maximum Gasteiger partial charge on any atom is 0.416 e. The van der Waals surface area contributed by atoms with Gasteiger partial charge in [0.1, 0.15) is 6.10 Å². The first-order valence-corrected chi connectivity index (χ1v) is 9.08. The largest absolute Gasteiger partial charge is 0.416 e. The second-order valence-electron chi connectivity index (χ2n) is 6.53. The Labute approximate surface area is 190 Å². The average molecular weight is 533 g/mol. The molecule has 6 nitrogen and oxygen atoms in total. The molecule has 1 atom stereocenters. The van der Waals surface area contributed by atoms with Crippen LogP contribution in [0, 0.1) is 11.8 Å². The van der Waals surface area contributed by atoms with E-state index < -0.39 is 11.7 Å². The van der Waals surface area contributed by atoms with Crippen molar-refractivity contribution < 1.29 is 17.9 Å². The van der Waals surface area contributed by atoms with Crippen LogP contribution in [0.1, 0.15) is 22.8 Å². The third-order valence-corrected chi connectivity index (χ3v) is 4.45. The van der Waals surface area contributed by atoms with Gasteiger partial charge in [0.2, 0.25) is 0 Å². The molecule has 1 saturated heterocycles. The Bertz CT molecular complexity index is 915. The molecule has 1 unspecified atom stereocenters. The van der Waals surface area contributed by atoms with Crippen molar-refractivity contribution in [2.24, 2.45) is 12.0 Å². The van der Waals surface area contributed by atoms with Gasteiger partial charge in [-0.25, -0.2) is 0 Å². The minimum Gasteiger partial charge on any atom is -0.370 e. The van der Waals surface area contributed by atoms with E-state index in [1.54, 1.807) is 17.9 Å². The standard InChI is InChI=1S/C20H22F3N5O.HI/c1-24-19(28-10-11-29-18(14-28)16-12-26-27(2)13-16)25-9-3-4-15-5-7-17(8-6-15)20(21,22)23;/h5-8,12-13,18H,9-11,14H2,1-2H3,(H,24,25);1H. The number of aryl methyl sites for hydroxylation is 1. The molecule has 1 fully saturated rings. The molecule has 0 bridgehead atoms. The molecular weight excluding hydrogens is 510 g/mol. The number of ether oxygens (including phenoxy) is 1. The number of rotatable bonds is 2. The Balaban J connectivity index is 0.00000320. The van der Waals surface area contributed by atoms with Crippen molar-refractivity contribution in [2.75, 3.05) is 33.3 Å². The summed E-state index contributed by atoms with van der Waals surface area (Å²) in [5, 5.41) is 7.35. The SMILES string of the molecule is CN=C(NCC#Cc1ccc(C(F)(F)F)cc1)N1CCOC(c2cnn(C)c2)C1.I. The number of halogens is 4. The lowest BCUT2D eigenvalue weighted by molar-refractivity contribution is -0.137. The summed E-state index contributed by atoms with van der Waals surface area (Å²) in [6.45, 7) is 2.22. The molecular formula is C20H23F3IN5O. The molecule has 1 aromatic carbocycles. The third-order valence-electron chi connectivity index (χ3n) is 4.45. The molecule has 0 spiro atoms. The smallest absolute Gasteiger partial charge is 0.370 e. The molecule has 3 rings (SSSR count). The number of hydrogen-bond acceptors (Lipinski definition) is 3. The normalized spacial score (nSPS) is 17.0. The molecule has 162 valence electrons. The molecule has 10 heteroatoms. The lowest BCUT2D eigenvalue weighted by Crippen LogP contribution is -2.48. The highest BCUT2D eigenvalue weighted by molar-refractivity contribution is 14.0. The van der Waals surface area contributed by atoms with Crippen LogP contribution in [0.2, 0.25) is 0 Å². The molecule has 0 radical (unpaired) electrons. The number of nitrogens with one attached hydrogen (secondary N) is 1. The van der Waals surface area contributed by atoms with Crippen LogP contribution >= 0.6 is 24.0 Å². The van der Waals surface area contributed by atoms with Gasteiger partial charge in [-0.3, -0.25) is 9.67 Å². The summed E-state index contributed by atoms with van der Waals surface area (Å²) >= 11 is 0. The van der Waals surface area contributed by atoms with E-state index in [0.29, 0.717) is 37.8 Å². The van der Waals surface area contributed by atoms with Crippen molar-refractivity contribution in [3.8, 4) is 11.8 Å². The Morgan fingerprint density at radius 2 is 2.07 bits per heavy atom. The summed E-state index contributed by atoms with van der Waals surface area (Å²) in [6.07, 6.45) is -0.708. The van der Waals surface area contributed by atoms with E-state index in [2.05, 4.69) is 32.1 Å². The maximum absolute atomic E-state index is 12.6. The number of hydrogen-bond donors (Lipinski definition) is 1. The Kier molecular flexibility index (Phi) is 8.54. The molecule has 1 N–H and O–H groups in total. The topological polar surface area (TPSA) is 54.7 Å². The predicted molar refractivity (Wildman–Crippen MR) is 119 cm³/mol. The van der Waals surface area contributed by atoms with E-state index in [4.69, 9.17) is 4.74 Å². The molecule has 0 saturated carbocycles. The lowest BCUT2D eigenvalue weighted by Gasteiger charge is -2.34. The van der Waals surface area contributed by atoms with Crippen molar-refractivity contribution in [3.05, 3.63) is 53.3 Å². The molecule has 0 aliphatic carbocycles. The van der Waals surface area contributed by atoms with Gasteiger partial charge >= 0.3 is 6.18 Å². The zero-order valence-electron chi connectivity index (χ0n) is 16.6. The van der Waals surface area contributed by atoms with Gasteiger partial charge in [0.25, 0.3) is 0 Å². The fourth-order valence-electron chi connectivity index (χ4n) is 2.99. The van der Waals surface area contributed by atoms with E-state index in [-0.39, 0.29) is 30.1 Å². The number of morpholine rings is 1. The van der Waals surface area contributed by atoms with Crippen molar-refractivity contribution in [3.63, 3.8) is 0 Å². The minimum atomic E-state index is -4.34. The zero-order valence-corrected chi connectivity index (χ0v) is 18.9. The van der Waals surface area contributed by atoms with Crippen molar-refractivity contribution in [1.29, 1.82) is 0 Å². The van der Waals surface area contributed by atoms with Crippen LogP contribution < -0.4 is 5.32 Å². The lowest BCUT2D eigenvalue weighted by atomic mass is 10.1. The molecule has 1 aliphatic rings. The van der Waals surface area contributed by atoms with Crippen LogP contribution in [0.25, 0.3) is 0 Å². The summed E-state index contributed by atoms with van der Waals surface area (Å²) in [6, 6.07) is 4.79. The Morgan fingerprint density at radius 3 is 2.67 bits per heavy atom. The van der Waals surface area contributed by atoms with E-state index in [1.807, 2.05) is 13.2 Å². The number of guanidine groups is 1. The molecule has 1 aromatic heterocycles. The first kappa shape index (κ1) is 24.0. The highest BCUT2D eigenvalue weighted by atomic mass is 127. The van der Waals surface area contributed by atoms with Crippen LogP contribution in [0.5, 0.6) is 0 Å². The number of nitrogens with zero attached hydrogens (tertiary/aromatic N) is 4. The Hall–Kier alpha value is -2.26. The van der Waals surface area contributed by atoms with E-state index in [0.717, 1.165) is 17.7 Å². The first-order valence-electron chi connectivity index (χ1n) is 9.08. The number of aliphatic imine (C=N–C) groups is 1. The van der Waals surface area contributed by atoms with Gasteiger partial charge in [0, 0.05) is 38.0 Å². The van der Waals surface area contributed by atoms with Crippen LogP contribution in [-0.2, 0) is 18.0 Å². The Morgan fingerprint density at radius 1 is 1.33 bits per heavy atom. The van der Waals surface area contributed by atoms with Gasteiger partial charge in [-0.05, 0) is 24.3 Å². The number of aromatic nitrogens is 2. The van der Waals surface area contributed by atoms with Gasteiger partial charge in [-0.15, -0.1) is 24.0 Å². The van der Waals surface area contributed by atoms with Crippen LogP contribution in [0.3, 0.4) is 0 Å². The fraction of sp³-hybridized carbons (Fsp3) is 0.400. The van der Waals surface area contributed by atoms with Crippen LogP contribution in [-0.4, -0.2) is 53.9 Å². The van der Waals surface area contributed by atoms with Crippen LogP contribution in [0.15, 0.2) is 41.7 Å². The zero-order chi connectivity index (χ0) is 20.9. The average Bonchev–Trinajstić information content (AvgIpc) is 3.14. The highest BCUT2D eigenvalue weighted by Gasteiger charge is 2.29. The van der Waals surface area contributed by atoms with Crippen molar-refractivity contribution in [1.82, 2.24) is 20.0 Å². The van der Waals surface area contributed by atoms with Crippen LogP contribution in [0.4, 0.5) is 13.2 Å². The van der Waals surface area contributed by atoms with E-state index in [1.165, 1.54) is 12.1 Å². The van der Waals surface area contributed by atoms with Gasteiger partial charge < -0.3 is 15.0 Å². The minimum absolute atomic E-state index is 0. The number of alkyl halides is 3. The van der Waals surface area contributed by atoms with Crippen molar-refractivity contribution in [2.45, 2.75) is 12.3 Å². The van der Waals surface area contributed by atoms with Gasteiger partial charge in [0.15, 0.2) is 5.96 Å². The van der Waals surface area contributed by atoms with E-state index in [9.17, 15) is 13.2 Å². The van der Waals surface area contributed by atoms with Gasteiger partial charge in [0.05, 0.1) is 31.5 Å². The second kappa shape index (κ2) is 10.7. The van der Waals surface area contributed by atoms with E-state index >= 15 is 0 Å². The molecule has 2 aromatic rings. The third kappa shape index (κ3) is 6.37. The van der Waals surface area contributed by atoms with Gasteiger partial charge in [-0.2, -0.15) is 18.3 Å². The summed E-state index contributed by atoms with van der Waals surface area (Å²) in [5.41, 5.74) is 0.851. The highest BCUT2D eigenvalue weighted by Crippen LogP contribution is 2.29. The summed E-state index contributed by atoms with van der Waals surface area (Å²) in [4.78, 5) is 6.37. The molecule has 30 heavy (non-hydrogen) atoms. The summed E-state index contributed by atoms with van der Waals surface area (Å²) < 4.78 is 45.3. The summed E-state index contributed by atoms with van der Waals surface area (Å²) in [5.74, 6) is 6.47. The summed E-state index contributed by atoms with van der Waals surface area (Å²) in [7, 11) is 3.56. The molecule has 0 amide bonds. The second-order valence-corrected chi connectivity index (χ2v) is 6.53. The number of benzene rings is 1. The molecule has 2 heterocycles. The van der Waals surface area contributed by atoms with Crippen molar-refractivity contribution >= 4 is 29.9 Å². The first-order chi connectivity index (χ1) is 13.9. The predicted octanol–water partition coefficient (Wildman–Crippen LogP) is 3.06. The quantitative estimate of drug-likeness (QED) is 0.279. The monoisotopic (exact) mass is 533 g/mol. The van der Waals surface area contributed by atoms with Gasteiger partial charge in [-0.1, -0.05) is 11.8 Å².